The molecule has 0 aliphatic rings. The lowest BCUT2D eigenvalue weighted by Gasteiger charge is -2.30. The summed E-state index contributed by atoms with van der Waals surface area (Å²) in [4.78, 5) is 25.3. The number of benzene rings is 1. The van der Waals surface area contributed by atoms with Crippen molar-refractivity contribution in [2.75, 3.05) is 6.54 Å². The van der Waals surface area contributed by atoms with Gasteiger partial charge in [0, 0.05) is 11.6 Å². The van der Waals surface area contributed by atoms with Crippen LogP contribution in [-0.4, -0.2) is 35.2 Å². The smallest absolute Gasteiger partial charge is 0.231 e. The maximum atomic E-state index is 12.4. The standard InChI is InChI=1S/C15H22N2O2/c1-10(2)17(9-14(16)18)12(4)15(19)13-7-5-11(3)6-8-13/h5-8,10,12H,9H2,1-4H3,(H2,16,18). The van der Waals surface area contributed by atoms with Gasteiger partial charge in [-0.2, -0.15) is 0 Å². The first-order valence-corrected chi connectivity index (χ1v) is 6.48. The number of nitrogens with zero attached hydrogens (tertiary/aromatic N) is 1. The van der Waals surface area contributed by atoms with Gasteiger partial charge in [-0.25, -0.2) is 0 Å². The zero-order chi connectivity index (χ0) is 14.6. The highest BCUT2D eigenvalue weighted by Crippen LogP contribution is 2.12. The van der Waals surface area contributed by atoms with Crippen molar-refractivity contribution in [3.8, 4) is 0 Å². The third-order valence-corrected chi connectivity index (χ3v) is 3.21. The lowest BCUT2D eigenvalue weighted by molar-refractivity contribution is -0.119. The van der Waals surface area contributed by atoms with Gasteiger partial charge in [0.2, 0.25) is 5.91 Å². The van der Waals surface area contributed by atoms with Crippen LogP contribution in [0.1, 0.15) is 36.7 Å². The minimum Gasteiger partial charge on any atom is -0.369 e. The Bertz CT molecular complexity index is 452. The molecule has 4 heteroatoms. The van der Waals surface area contributed by atoms with Crippen LogP contribution in [0.4, 0.5) is 0 Å². The van der Waals surface area contributed by atoms with E-state index in [-0.39, 0.29) is 24.4 Å². The Labute approximate surface area is 114 Å². The third kappa shape index (κ3) is 4.17. The molecule has 0 bridgehead atoms. The number of carbonyl (C=O) groups excluding carboxylic acids is 2. The molecule has 0 heterocycles. The molecule has 1 aromatic rings. The SMILES string of the molecule is Cc1ccc(C(=O)C(C)N(CC(N)=O)C(C)C)cc1. The van der Waals surface area contributed by atoms with Crippen LogP contribution in [0.2, 0.25) is 0 Å². The summed E-state index contributed by atoms with van der Waals surface area (Å²) < 4.78 is 0. The van der Waals surface area contributed by atoms with Gasteiger partial charge in [0.1, 0.15) is 0 Å². The Balaban J connectivity index is 2.89. The summed E-state index contributed by atoms with van der Waals surface area (Å²) in [6.45, 7) is 7.77. The molecular weight excluding hydrogens is 240 g/mol. The van der Waals surface area contributed by atoms with Crippen molar-refractivity contribution in [3.05, 3.63) is 35.4 Å². The first kappa shape index (κ1) is 15.4. The zero-order valence-electron chi connectivity index (χ0n) is 12.0. The van der Waals surface area contributed by atoms with E-state index >= 15 is 0 Å². The molecule has 0 aliphatic carbocycles. The summed E-state index contributed by atoms with van der Waals surface area (Å²) in [6.07, 6.45) is 0. The lowest BCUT2D eigenvalue weighted by Crippen LogP contribution is -2.47. The second-order valence-corrected chi connectivity index (χ2v) is 5.14. The number of aryl methyl sites for hydroxylation is 1. The fourth-order valence-corrected chi connectivity index (χ4v) is 2.06. The number of hydrogen-bond acceptors (Lipinski definition) is 3. The number of carbonyl (C=O) groups is 2. The number of amides is 1. The van der Waals surface area contributed by atoms with Crippen molar-refractivity contribution in [3.63, 3.8) is 0 Å². The monoisotopic (exact) mass is 262 g/mol. The van der Waals surface area contributed by atoms with E-state index in [0.29, 0.717) is 5.56 Å². The number of nitrogens with two attached hydrogens (primary N) is 1. The molecule has 0 fully saturated rings. The van der Waals surface area contributed by atoms with Crippen molar-refractivity contribution >= 4 is 11.7 Å². The van der Waals surface area contributed by atoms with Gasteiger partial charge < -0.3 is 5.73 Å². The molecular formula is C15H22N2O2. The summed E-state index contributed by atoms with van der Waals surface area (Å²) in [5.74, 6) is -0.410. The maximum Gasteiger partial charge on any atom is 0.231 e. The molecule has 0 saturated carbocycles. The van der Waals surface area contributed by atoms with Crippen molar-refractivity contribution in [2.24, 2.45) is 5.73 Å². The molecule has 1 aromatic carbocycles. The van der Waals surface area contributed by atoms with Crippen LogP contribution in [-0.2, 0) is 4.79 Å². The average molecular weight is 262 g/mol. The number of primary amides is 1. The minimum atomic E-state index is -0.419. The van der Waals surface area contributed by atoms with Crippen molar-refractivity contribution in [1.82, 2.24) is 4.90 Å². The third-order valence-electron chi connectivity index (χ3n) is 3.21. The van der Waals surface area contributed by atoms with Crippen molar-refractivity contribution in [2.45, 2.75) is 39.8 Å². The highest BCUT2D eigenvalue weighted by molar-refractivity contribution is 6.00. The van der Waals surface area contributed by atoms with Gasteiger partial charge in [-0.3, -0.25) is 14.5 Å². The molecule has 4 nitrogen and oxygen atoms in total. The van der Waals surface area contributed by atoms with Gasteiger partial charge in [-0.15, -0.1) is 0 Å². The normalized spacial score (nSPS) is 12.7. The van der Waals surface area contributed by atoms with Crippen LogP contribution < -0.4 is 5.73 Å². The Morgan fingerprint density at radius 2 is 1.68 bits per heavy atom. The quantitative estimate of drug-likeness (QED) is 0.795. The molecule has 104 valence electrons. The van der Waals surface area contributed by atoms with E-state index < -0.39 is 5.91 Å². The molecule has 0 saturated heterocycles. The van der Waals surface area contributed by atoms with Crippen LogP contribution in [0, 0.1) is 6.92 Å². The topological polar surface area (TPSA) is 63.4 Å². The molecule has 1 amide bonds. The summed E-state index contributed by atoms with van der Waals surface area (Å²) in [5.41, 5.74) is 7.01. The molecule has 2 N–H and O–H groups in total. The van der Waals surface area contributed by atoms with E-state index in [4.69, 9.17) is 5.73 Å². The summed E-state index contributed by atoms with van der Waals surface area (Å²) >= 11 is 0. The first-order valence-electron chi connectivity index (χ1n) is 6.48. The molecule has 0 radical (unpaired) electrons. The number of ketones is 1. The van der Waals surface area contributed by atoms with Crippen molar-refractivity contribution in [1.29, 1.82) is 0 Å². The van der Waals surface area contributed by atoms with Crippen LogP contribution in [0.3, 0.4) is 0 Å². The van der Waals surface area contributed by atoms with Gasteiger partial charge >= 0.3 is 0 Å². The fourth-order valence-electron chi connectivity index (χ4n) is 2.06. The van der Waals surface area contributed by atoms with Crippen LogP contribution in [0.25, 0.3) is 0 Å². The van der Waals surface area contributed by atoms with Gasteiger partial charge in [0.05, 0.1) is 12.6 Å². The number of hydrogen-bond donors (Lipinski definition) is 1. The average Bonchev–Trinajstić information content (AvgIpc) is 2.34. The molecule has 0 aromatic heterocycles. The summed E-state index contributed by atoms with van der Waals surface area (Å²) in [6, 6.07) is 7.17. The predicted molar refractivity (Wildman–Crippen MR) is 76.0 cm³/mol. The van der Waals surface area contributed by atoms with Gasteiger partial charge in [0.15, 0.2) is 5.78 Å². The molecule has 19 heavy (non-hydrogen) atoms. The minimum absolute atomic E-state index is 0.00921. The lowest BCUT2D eigenvalue weighted by atomic mass is 10.0. The van der Waals surface area contributed by atoms with Crippen molar-refractivity contribution < 1.29 is 9.59 Å². The molecule has 1 atom stereocenters. The van der Waals surface area contributed by atoms with Crippen LogP contribution >= 0.6 is 0 Å². The van der Waals surface area contributed by atoms with Gasteiger partial charge in [0.25, 0.3) is 0 Å². The predicted octanol–water partition coefficient (Wildman–Crippen LogP) is 1.76. The largest absolute Gasteiger partial charge is 0.369 e. The van der Waals surface area contributed by atoms with E-state index in [1.807, 2.05) is 56.9 Å². The molecule has 1 rings (SSSR count). The Morgan fingerprint density at radius 1 is 1.16 bits per heavy atom. The highest BCUT2D eigenvalue weighted by atomic mass is 16.1. The second-order valence-electron chi connectivity index (χ2n) is 5.14. The molecule has 0 spiro atoms. The zero-order valence-corrected chi connectivity index (χ0v) is 12.0. The van der Waals surface area contributed by atoms with Gasteiger partial charge in [-0.1, -0.05) is 29.8 Å². The van der Waals surface area contributed by atoms with E-state index in [1.54, 1.807) is 0 Å². The Kier molecular flexibility index (Phi) is 5.24. The number of Topliss-reactive ketones (excluding diaryl/α,β-unsaturated/α-hetero) is 1. The summed E-state index contributed by atoms with van der Waals surface area (Å²) in [7, 11) is 0. The molecule has 1 unspecified atom stereocenters. The molecule has 0 aliphatic heterocycles. The van der Waals surface area contributed by atoms with E-state index in [0.717, 1.165) is 5.56 Å². The van der Waals surface area contributed by atoms with E-state index in [1.165, 1.54) is 0 Å². The highest BCUT2D eigenvalue weighted by Gasteiger charge is 2.25. The van der Waals surface area contributed by atoms with Crippen LogP contribution in [0.5, 0.6) is 0 Å². The van der Waals surface area contributed by atoms with E-state index in [9.17, 15) is 9.59 Å². The van der Waals surface area contributed by atoms with Crippen LogP contribution in [0.15, 0.2) is 24.3 Å². The fraction of sp³-hybridized carbons (Fsp3) is 0.467. The van der Waals surface area contributed by atoms with E-state index in [2.05, 4.69) is 0 Å². The first-order chi connectivity index (χ1) is 8.82. The summed E-state index contributed by atoms with van der Waals surface area (Å²) in [5, 5.41) is 0. The second kappa shape index (κ2) is 6.48. The Hall–Kier alpha value is -1.68. The van der Waals surface area contributed by atoms with Gasteiger partial charge in [-0.05, 0) is 27.7 Å². The Morgan fingerprint density at radius 3 is 2.11 bits per heavy atom. The maximum absolute atomic E-state index is 12.4. The number of rotatable bonds is 6.